The van der Waals surface area contributed by atoms with Crippen LogP contribution in [-0.2, 0) is 33.8 Å². The molecule has 1 saturated heterocycles. The van der Waals surface area contributed by atoms with Crippen LogP contribution in [-0.4, -0.2) is 54.7 Å². The number of aliphatic carboxylic acids is 1. The van der Waals surface area contributed by atoms with E-state index < -0.39 is 56.9 Å². The number of nitrogens with zero attached hydrogens (tertiary/aromatic N) is 1. The van der Waals surface area contributed by atoms with Crippen molar-refractivity contribution in [2.24, 2.45) is 0 Å². The largest absolute Gasteiger partial charge is 1.00 e. The van der Waals surface area contributed by atoms with Gasteiger partial charge < -0.3 is 14.6 Å². The smallest absolute Gasteiger partial charge is 0.543 e. The van der Waals surface area contributed by atoms with E-state index in [1.165, 1.54) is 0 Å². The fourth-order valence-electron chi connectivity index (χ4n) is 2.45. The standard InChI is InChI=1S/C13H13NO8S.Na/c1-6(15)3-9-11(17)14-10(13(18)19)8(4-22-7(2)16)5-23(20,21)12(9)14;/h3,12H,4-5H2,1-2H3,(H,18,19);/q;+1/p-1/b9-3-;/t12-;/m1./s1. The van der Waals surface area contributed by atoms with E-state index >= 15 is 0 Å². The van der Waals surface area contributed by atoms with Crippen LogP contribution in [0.2, 0.25) is 0 Å². The number of carboxylic acid groups (broad SMARTS) is 1. The van der Waals surface area contributed by atoms with Crippen LogP contribution in [0.1, 0.15) is 13.8 Å². The van der Waals surface area contributed by atoms with E-state index in [2.05, 4.69) is 4.74 Å². The first-order chi connectivity index (χ1) is 10.6. The van der Waals surface area contributed by atoms with E-state index in [1.807, 2.05) is 0 Å². The molecule has 2 heterocycles. The molecule has 2 rings (SSSR count). The van der Waals surface area contributed by atoms with Crippen molar-refractivity contribution in [1.82, 2.24) is 4.90 Å². The number of rotatable bonds is 4. The van der Waals surface area contributed by atoms with E-state index in [0.717, 1.165) is 19.9 Å². The van der Waals surface area contributed by atoms with Gasteiger partial charge in [0.05, 0.1) is 23.0 Å². The Morgan fingerprint density at radius 2 is 1.92 bits per heavy atom. The Bertz CT molecular complexity index is 795. The Kier molecular flexibility index (Phi) is 6.15. The van der Waals surface area contributed by atoms with Gasteiger partial charge >= 0.3 is 35.5 Å². The van der Waals surface area contributed by atoms with Crippen molar-refractivity contribution in [3.05, 3.63) is 22.9 Å². The van der Waals surface area contributed by atoms with Gasteiger partial charge in [-0.1, -0.05) is 0 Å². The number of carbonyl (C=O) groups excluding carboxylic acids is 4. The topological polar surface area (TPSA) is 138 Å². The third-order valence-corrected chi connectivity index (χ3v) is 5.16. The molecule has 2 aliphatic heterocycles. The first-order valence-electron chi connectivity index (χ1n) is 6.40. The summed E-state index contributed by atoms with van der Waals surface area (Å²) in [7, 11) is -3.97. The molecule has 0 N–H and O–H groups in total. The fraction of sp³-hybridized carbons (Fsp3) is 0.385. The van der Waals surface area contributed by atoms with Crippen molar-refractivity contribution in [1.29, 1.82) is 0 Å². The maximum absolute atomic E-state index is 12.3. The number of esters is 1. The monoisotopic (exact) mass is 365 g/mol. The SMILES string of the molecule is CC(=O)/C=C1/C(=O)N2C(C(=O)[O-])=C(COC(C)=O)CS(=O)(=O)[C@H]12.[Na+]. The van der Waals surface area contributed by atoms with Crippen molar-refractivity contribution in [2.75, 3.05) is 12.4 Å². The second-order valence-corrected chi connectivity index (χ2v) is 7.13. The molecule has 0 aromatic carbocycles. The van der Waals surface area contributed by atoms with Crippen LogP contribution in [0.15, 0.2) is 22.9 Å². The minimum atomic E-state index is -3.97. The molecule has 0 unspecified atom stereocenters. The summed E-state index contributed by atoms with van der Waals surface area (Å²) in [4.78, 5) is 45.8. The quantitative estimate of drug-likeness (QED) is 0.208. The summed E-state index contributed by atoms with van der Waals surface area (Å²) < 4.78 is 29.2. The van der Waals surface area contributed by atoms with Crippen molar-refractivity contribution < 1.29 is 67.0 Å². The normalized spacial score (nSPS) is 23.1. The van der Waals surface area contributed by atoms with Crippen LogP contribution in [0.25, 0.3) is 0 Å². The fourth-order valence-corrected chi connectivity index (χ4v) is 4.39. The Morgan fingerprint density at radius 3 is 2.38 bits per heavy atom. The Labute approximate surface area is 159 Å². The van der Waals surface area contributed by atoms with Crippen LogP contribution < -0.4 is 34.7 Å². The van der Waals surface area contributed by atoms with E-state index in [9.17, 15) is 32.7 Å². The van der Waals surface area contributed by atoms with E-state index in [0.29, 0.717) is 4.90 Å². The predicted octanol–water partition coefficient (Wildman–Crippen LogP) is -5.33. The zero-order valence-electron chi connectivity index (χ0n) is 13.2. The summed E-state index contributed by atoms with van der Waals surface area (Å²) in [6.45, 7) is 1.63. The van der Waals surface area contributed by atoms with Gasteiger partial charge in [0, 0.05) is 12.5 Å². The maximum Gasteiger partial charge on any atom is 1.00 e. The molecule has 0 aromatic rings. The molecule has 0 aromatic heterocycles. The number of ketones is 1. The Balaban J connectivity index is 0.00000288. The number of carboxylic acids is 1. The summed E-state index contributed by atoms with van der Waals surface area (Å²) in [5.74, 6) is -4.65. The molecule has 0 bridgehead atoms. The summed E-state index contributed by atoms with van der Waals surface area (Å²) in [6.07, 6.45) is 0.866. The maximum atomic E-state index is 12.3. The molecule has 2 aliphatic rings. The molecule has 1 atom stereocenters. The number of sulfone groups is 1. The van der Waals surface area contributed by atoms with Crippen LogP contribution in [0.4, 0.5) is 0 Å². The van der Waals surface area contributed by atoms with Crippen molar-refractivity contribution in [2.45, 2.75) is 19.2 Å². The number of hydrogen-bond acceptors (Lipinski definition) is 8. The van der Waals surface area contributed by atoms with Gasteiger partial charge in [-0.25, -0.2) is 8.42 Å². The van der Waals surface area contributed by atoms with Crippen molar-refractivity contribution in [3.8, 4) is 0 Å². The van der Waals surface area contributed by atoms with Gasteiger partial charge in [0.25, 0.3) is 5.91 Å². The zero-order valence-corrected chi connectivity index (χ0v) is 16.0. The van der Waals surface area contributed by atoms with Gasteiger partial charge in [-0.2, -0.15) is 0 Å². The summed E-state index contributed by atoms with van der Waals surface area (Å²) in [6, 6.07) is 0. The van der Waals surface area contributed by atoms with Gasteiger partial charge in [-0.05, 0) is 13.0 Å². The van der Waals surface area contributed by atoms with E-state index in [1.54, 1.807) is 0 Å². The number of fused-ring (bicyclic) bond motifs is 1. The predicted molar refractivity (Wildman–Crippen MR) is 71.9 cm³/mol. The minimum Gasteiger partial charge on any atom is -0.543 e. The number of carbonyl (C=O) groups is 4. The Hall–Kier alpha value is -1.49. The van der Waals surface area contributed by atoms with Gasteiger partial charge in [0.1, 0.15) is 6.61 Å². The van der Waals surface area contributed by atoms with E-state index in [-0.39, 0.29) is 40.7 Å². The number of amides is 1. The molecule has 1 amide bonds. The van der Waals surface area contributed by atoms with Crippen molar-refractivity contribution in [3.63, 3.8) is 0 Å². The second-order valence-electron chi connectivity index (χ2n) is 5.06. The molecule has 0 radical (unpaired) electrons. The molecule has 124 valence electrons. The molecular formula is C13H12NNaO8S. The van der Waals surface area contributed by atoms with Crippen LogP contribution in [0.3, 0.4) is 0 Å². The number of ether oxygens (including phenoxy) is 1. The van der Waals surface area contributed by atoms with Gasteiger partial charge in [-0.3, -0.25) is 19.3 Å². The number of hydrogen-bond donors (Lipinski definition) is 0. The average Bonchev–Trinajstić information content (AvgIpc) is 2.40. The molecule has 1 fully saturated rings. The first-order valence-corrected chi connectivity index (χ1v) is 8.12. The van der Waals surface area contributed by atoms with Gasteiger partial charge in [0.15, 0.2) is 21.0 Å². The van der Waals surface area contributed by atoms with E-state index in [4.69, 9.17) is 0 Å². The van der Waals surface area contributed by atoms with Crippen molar-refractivity contribution >= 4 is 33.5 Å². The third kappa shape index (κ3) is 3.61. The molecule has 0 aliphatic carbocycles. The number of allylic oxidation sites excluding steroid dienone is 1. The molecule has 0 spiro atoms. The van der Waals surface area contributed by atoms with Crippen LogP contribution in [0.5, 0.6) is 0 Å². The first kappa shape index (κ1) is 20.6. The third-order valence-electron chi connectivity index (χ3n) is 3.26. The Morgan fingerprint density at radius 1 is 1.33 bits per heavy atom. The van der Waals surface area contributed by atoms with Gasteiger partial charge in [0.2, 0.25) is 0 Å². The molecular weight excluding hydrogens is 353 g/mol. The molecule has 0 saturated carbocycles. The summed E-state index contributed by atoms with van der Waals surface area (Å²) in [5, 5.41) is 9.77. The zero-order chi connectivity index (χ0) is 17.5. The van der Waals surface area contributed by atoms with Gasteiger partial charge in [-0.15, -0.1) is 0 Å². The van der Waals surface area contributed by atoms with Crippen LogP contribution >= 0.6 is 0 Å². The number of β-lactam (4-membered cyclic amide) rings is 1. The molecule has 9 nitrogen and oxygen atoms in total. The average molecular weight is 365 g/mol. The minimum absolute atomic E-state index is 0. The molecule has 11 heteroatoms. The molecule has 24 heavy (non-hydrogen) atoms. The van der Waals surface area contributed by atoms with Crippen LogP contribution in [0, 0.1) is 0 Å². The summed E-state index contributed by atoms with van der Waals surface area (Å²) in [5.41, 5.74) is -1.19. The second kappa shape index (κ2) is 7.18. The summed E-state index contributed by atoms with van der Waals surface area (Å²) >= 11 is 0.